The lowest BCUT2D eigenvalue weighted by atomic mass is 10.2. The number of imidazole rings is 1. The number of fused-ring (bicyclic) bond motifs is 1. The van der Waals surface area contributed by atoms with Crippen LogP contribution in [0.15, 0.2) is 0 Å². The molecule has 2 rings (SSSR count). The van der Waals surface area contributed by atoms with E-state index in [2.05, 4.69) is 19.9 Å². The summed E-state index contributed by atoms with van der Waals surface area (Å²) in [6.45, 7) is 3.85. The summed E-state index contributed by atoms with van der Waals surface area (Å²) in [5.74, 6) is 0.192. The Morgan fingerprint density at radius 3 is 2.44 bits per heavy atom. The van der Waals surface area contributed by atoms with Crippen molar-refractivity contribution in [2.75, 3.05) is 0 Å². The Morgan fingerprint density at radius 2 is 1.88 bits per heavy atom. The van der Waals surface area contributed by atoms with E-state index in [1.807, 2.05) is 13.8 Å². The molecule has 16 heavy (non-hydrogen) atoms. The van der Waals surface area contributed by atoms with Crippen molar-refractivity contribution in [2.24, 2.45) is 0 Å². The molecular formula is C9H9ClF2N4. The van der Waals surface area contributed by atoms with Crippen molar-refractivity contribution >= 4 is 22.8 Å². The number of rotatable bonds is 2. The van der Waals surface area contributed by atoms with E-state index in [-0.39, 0.29) is 16.7 Å². The average Bonchev–Trinajstić information content (AvgIpc) is 2.61. The van der Waals surface area contributed by atoms with Crippen molar-refractivity contribution in [2.45, 2.75) is 26.2 Å². The highest BCUT2D eigenvalue weighted by molar-refractivity contribution is 6.33. The normalized spacial score (nSPS) is 11.9. The number of alkyl halides is 2. The highest BCUT2D eigenvalue weighted by Crippen LogP contribution is 2.24. The first-order valence-electron chi connectivity index (χ1n) is 4.70. The van der Waals surface area contributed by atoms with Gasteiger partial charge in [-0.05, 0) is 0 Å². The maximum absolute atomic E-state index is 12.4. The number of H-pyrrole nitrogens is 1. The van der Waals surface area contributed by atoms with Crippen LogP contribution in [-0.4, -0.2) is 19.9 Å². The smallest absolute Gasteiger partial charge is 0.297 e. The highest BCUT2D eigenvalue weighted by Gasteiger charge is 2.17. The van der Waals surface area contributed by atoms with Crippen molar-refractivity contribution in [3.63, 3.8) is 0 Å². The number of hydrogen-bond acceptors (Lipinski definition) is 3. The van der Waals surface area contributed by atoms with Gasteiger partial charge in [0, 0.05) is 5.92 Å². The molecule has 0 bridgehead atoms. The van der Waals surface area contributed by atoms with Crippen LogP contribution in [-0.2, 0) is 0 Å². The Hall–Kier alpha value is -1.30. The van der Waals surface area contributed by atoms with Gasteiger partial charge < -0.3 is 4.98 Å². The van der Waals surface area contributed by atoms with Gasteiger partial charge in [-0.3, -0.25) is 0 Å². The number of nitrogens with one attached hydrogen (secondary N) is 1. The summed E-state index contributed by atoms with van der Waals surface area (Å²) < 4.78 is 24.8. The molecule has 0 fully saturated rings. The summed E-state index contributed by atoms with van der Waals surface area (Å²) >= 11 is 5.77. The summed E-state index contributed by atoms with van der Waals surface area (Å²) in [5.41, 5.74) is 0.578. The van der Waals surface area contributed by atoms with Gasteiger partial charge in [-0.25, -0.2) is 23.7 Å². The highest BCUT2D eigenvalue weighted by atomic mass is 35.5. The van der Waals surface area contributed by atoms with Crippen molar-refractivity contribution in [3.05, 3.63) is 16.8 Å². The molecular weight excluding hydrogens is 238 g/mol. The van der Waals surface area contributed by atoms with Gasteiger partial charge in [0.1, 0.15) is 11.3 Å². The second-order valence-corrected chi connectivity index (χ2v) is 4.01. The van der Waals surface area contributed by atoms with E-state index < -0.39 is 12.2 Å². The van der Waals surface area contributed by atoms with Crippen LogP contribution in [0.1, 0.15) is 37.8 Å². The molecule has 0 radical (unpaired) electrons. The quantitative estimate of drug-likeness (QED) is 0.829. The molecule has 7 heteroatoms. The van der Waals surface area contributed by atoms with Gasteiger partial charge in [-0.15, -0.1) is 0 Å². The van der Waals surface area contributed by atoms with E-state index in [1.54, 1.807) is 0 Å². The van der Waals surface area contributed by atoms with E-state index in [1.165, 1.54) is 0 Å². The fourth-order valence-electron chi connectivity index (χ4n) is 1.27. The number of aromatic amines is 1. The summed E-state index contributed by atoms with van der Waals surface area (Å²) in [6.07, 6.45) is -2.75. The Labute approximate surface area is 95.1 Å². The Bertz CT molecular complexity index is 523. The molecule has 86 valence electrons. The lowest BCUT2D eigenvalue weighted by Gasteiger charge is -1.98. The van der Waals surface area contributed by atoms with Crippen molar-refractivity contribution in [1.82, 2.24) is 19.9 Å². The van der Waals surface area contributed by atoms with Gasteiger partial charge in [0.2, 0.25) is 0 Å². The second-order valence-electron chi connectivity index (χ2n) is 3.65. The molecule has 0 aromatic carbocycles. The molecule has 0 unspecified atom stereocenters. The van der Waals surface area contributed by atoms with Crippen LogP contribution in [0.4, 0.5) is 8.78 Å². The van der Waals surface area contributed by atoms with E-state index >= 15 is 0 Å². The van der Waals surface area contributed by atoms with Gasteiger partial charge >= 0.3 is 0 Å². The minimum absolute atomic E-state index is 0.0281. The zero-order valence-corrected chi connectivity index (χ0v) is 9.39. The first kappa shape index (κ1) is 11.2. The number of aromatic nitrogens is 4. The monoisotopic (exact) mass is 246 g/mol. The molecule has 4 nitrogen and oxygen atoms in total. The predicted molar refractivity (Wildman–Crippen MR) is 55.7 cm³/mol. The molecule has 0 spiro atoms. The Morgan fingerprint density at radius 1 is 1.19 bits per heavy atom. The lowest BCUT2D eigenvalue weighted by molar-refractivity contribution is 0.140. The second kappa shape index (κ2) is 3.93. The van der Waals surface area contributed by atoms with Crippen LogP contribution in [0.5, 0.6) is 0 Å². The van der Waals surface area contributed by atoms with Gasteiger partial charge in [0.15, 0.2) is 16.6 Å². The van der Waals surface area contributed by atoms with Crippen LogP contribution < -0.4 is 0 Å². The molecule has 0 aliphatic carbocycles. The third-order valence-electron chi connectivity index (χ3n) is 2.08. The van der Waals surface area contributed by atoms with Crippen LogP contribution >= 0.6 is 11.6 Å². The van der Waals surface area contributed by atoms with Crippen LogP contribution in [0.25, 0.3) is 11.2 Å². The summed E-state index contributed by atoms with van der Waals surface area (Å²) in [6, 6.07) is 0. The van der Waals surface area contributed by atoms with E-state index in [4.69, 9.17) is 11.6 Å². The van der Waals surface area contributed by atoms with E-state index in [0.717, 1.165) is 0 Å². The minimum atomic E-state index is -2.75. The standard InChI is InChI=1S/C9H9ClF2N4/c1-3(2)7-13-4-5(10)14-9(6(11)12)16-8(4)15-7/h3,6H,1-2H3,(H,13,14,15,16). The largest absolute Gasteiger partial charge is 0.338 e. The van der Waals surface area contributed by atoms with E-state index in [9.17, 15) is 8.78 Å². The SMILES string of the molecule is CC(C)c1nc2nc(C(F)F)nc(Cl)c2[nH]1. The molecule has 2 aromatic heterocycles. The molecule has 0 atom stereocenters. The zero-order valence-electron chi connectivity index (χ0n) is 8.63. The van der Waals surface area contributed by atoms with Gasteiger partial charge in [0.05, 0.1) is 0 Å². The summed E-state index contributed by atoms with van der Waals surface area (Å²) in [4.78, 5) is 14.2. The van der Waals surface area contributed by atoms with Crippen molar-refractivity contribution in [1.29, 1.82) is 0 Å². The maximum Gasteiger partial charge on any atom is 0.297 e. The maximum atomic E-state index is 12.4. The predicted octanol–water partition coefficient (Wildman–Crippen LogP) is 3.07. The summed E-state index contributed by atoms with van der Waals surface area (Å²) in [5, 5.41) is -0.0281. The summed E-state index contributed by atoms with van der Waals surface area (Å²) in [7, 11) is 0. The van der Waals surface area contributed by atoms with Gasteiger partial charge in [0.25, 0.3) is 6.43 Å². The van der Waals surface area contributed by atoms with Gasteiger partial charge in [-0.2, -0.15) is 0 Å². The molecule has 2 aromatic rings. The van der Waals surface area contributed by atoms with Crippen LogP contribution in [0, 0.1) is 0 Å². The van der Waals surface area contributed by atoms with Gasteiger partial charge in [-0.1, -0.05) is 25.4 Å². The molecule has 0 amide bonds. The zero-order chi connectivity index (χ0) is 11.9. The number of halogens is 3. The lowest BCUT2D eigenvalue weighted by Crippen LogP contribution is -1.96. The third kappa shape index (κ3) is 1.84. The molecule has 1 N–H and O–H groups in total. The minimum Gasteiger partial charge on any atom is -0.338 e. The average molecular weight is 247 g/mol. The fourth-order valence-corrected chi connectivity index (χ4v) is 1.49. The van der Waals surface area contributed by atoms with Crippen LogP contribution in [0.3, 0.4) is 0 Å². The van der Waals surface area contributed by atoms with Crippen molar-refractivity contribution < 1.29 is 8.78 Å². The molecule has 0 aliphatic heterocycles. The first-order chi connectivity index (χ1) is 7.49. The number of nitrogens with zero attached hydrogens (tertiary/aromatic N) is 3. The Kier molecular flexibility index (Phi) is 2.75. The third-order valence-corrected chi connectivity index (χ3v) is 2.36. The molecule has 2 heterocycles. The Balaban J connectivity index is 2.63. The molecule has 0 aliphatic rings. The topological polar surface area (TPSA) is 54.5 Å². The first-order valence-corrected chi connectivity index (χ1v) is 5.08. The number of hydrogen-bond donors (Lipinski definition) is 1. The molecule has 0 saturated carbocycles. The van der Waals surface area contributed by atoms with Crippen molar-refractivity contribution in [3.8, 4) is 0 Å². The molecule has 0 saturated heterocycles. The van der Waals surface area contributed by atoms with Crippen LogP contribution in [0.2, 0.25) is 5.15 Å². The van der Waals surface area contributed by atoms with E-state index in [0.29, 0.717) is 11.3 Å². The fraction of sp³-hybridized carbons (Fsp3) is 0.444.